The predicted octanol–water partition coefficient (Wildman–Crippen LogP) is 2.86. The fourth-order valence-corrected chi connectivity index (χ4v) is 3.50. The lowest BCUT2D eigenvalue weighted by atomic mass is 10.0. The fourth-order valence-electron chi connectivity index (χ4n) is 3.50. The molecule has 0 spiro atoms. The van der Waals surface area contributed by atoms with E-state index >= 15 is 0 Å². The van der Waals surface area contributed by atoms with Crippen LogP contribution < -0.4 is 5.32 Å². The molecule has 34 heavy (non-hydrogen) atoms. The first-order valence-corrected chi connectivity index (χ1v) is 10.7. The molecule has 176 valence electrons. The number of nitrogens with one attached hydrogen (secondary N) is 1. The number of carbonyl (C=O) groups is 4. The summed E-state index contributed by atoms with van der Waals surface area (Å²) < 4.78 is 11.5. The molecule has 0 aliphatic carbocycles. The van der Waals surface area contributed by atoms with E-state index in [1.54, 1.807) is 43.2 Å². The maximum atomic E-state index is 12.6. The van der Waals surface area contributed by atoms with Crippen LogP contribution in [0.1, 0.15) is 23.7 Å². The van der Waals surface area contributed by atoms with Crippen LogP contribution in [-0.2, 0) is 23.9 Å². The topological polar surface area (TPSA) is 102 Å². The van der Waals surface area contributed by atoms with Crippen LogP contribution in [0.5, 0.6) is 0 Å². The van der Waals surface area contributed by atoms with Gasteiger partial charge < -0.3 is 19.2 Å². The Morgan fingerprint density at radius 2 is 1.76 bits per heavy atom. The van der Waals surface area contributed by atoms with Gasteiger partial charge in [0.1, 0.15) is 24.7 Å². The fraction of sp³-hybridized carbons (Fsp3) is 0.231. The second kappa shape index (κ2) is 11.2. The molecule has 2 aromatic carbocycles. The van der Waals surface area contributed by atoms with E-state index in [1.165, 1.54) is 6.20 Å². The van der Waals surface area contributed by atoms with Crippen LogP contribution in [0.2, 0.25) is 0 Å². The number of esters is 1. The normalized spacial score (nSPS) is 19.4. The molecule has 0 radical (unpaired) electrons. The summed E-state index contributed by atoms with van der Waals surface area (Å²) in [6.45, 7) is 1.40. The van der Waals surface area contributed by atoms with Gasteiger partial charge in [-0.05, 0) is 42.3 Å². The van der Waals surface area contributed by atoms with Gasteiger partial charge in [-0.3, -0.25) is 14.9 Å². The molecule has 2 atom stereocenters. The molecule has 3 rings (SSSR count). The van der Waals surface area contributed by atoms with Gasteiger partial charge in [0.15, 0.2) is 0 Å². The minimum atomic E-state index is -1.12. The Hall–Kier alpha value is -4.04. The predicted molar refractivity (Wildman–Crippen MR) is 125 cm³/mol. The second-order valence-electron chi connectivity index (χ2n) is 7.89. The van der Waals surface area contributed by atoms with E-state index in [0.29, 0.717) is 23.8 Å². The quantitative estimate of drug-likeness (QED) is 0.251. The Balaban J connectivity index is 1.63. The Bertz CT molecular complexity index is 1090. The van der Waals surface area contributed by atoms with E-state index < -0.39 is 23.7 Å². The molecule has 0 aromatic heterocycles. The van der Waals surface area contributed by atoms with E-state index in [4.69, 9.17) is 9.47 Å². The number of benzene rings is 2. The van der Waals surface area contributed by atoms with Crippen LogP contribution in [0.3, 0.4) is 0 Å². The van der Waals surface area contributed by atoms with Crippen LogP contribution in [0.25, 0.3) is 11.1 Å². The van der Waals surface area contributed by atoms with Crippen LogP contribution in [-0.4, -0.2) is 55.0 Å². The molecular weight excluding hydrogens is 436 g/mol. The zero-order valence-corrected chi connectivity index (χ0v) is 19.0. The maximum absolute atomic E-state index is 12.6. The summed E-state index contributed by atoms with van der Waals surface area (Å²) in [6.07, 6.45) is 5.32. The lowest BCUT2D eigenvalue weighted by Crippen LogP contribution is -2.40. The number of carbonyl (C=O) groups excluding carboxylic acids is 4. The summed E-state index contributed by atoms with van der Waals surface area (Å²) in [7, 11) is 1.68. The van der Waals surface area contributed by atoms with Crippen molar-refractivity contribution in [1.29, 1.82) is 0 Å². The van der Waals surface area contributed by atoms with E-state index in [2.05, 4.69) is 5.32 Å². The molecule has 0 bridgehead atoms. The molecule has 0 saturated heterocycles. The van der Waals surface area contributed by atoms with Crippen molar-refractivity contribution in [3.8, 4) is 11.1 Å². The van der Waals surface area contributed by atoms with Gasteiger partial charge in [-0.2, -0.15) is 0 Å². The third-order valence-electron chi connectivity index (χ3n) is 5.37. The van der Waals surface area contributed by atoms with Gasteiger partial charge in [0.05, 0.1) is 5.56 Å². The average Bonchev–Trinajstić information content (AvgIpc) is 3.28. The molecule has 0 fully saturated rings. The van der Waals surface area contributed by atoms with Crippen molar-refractivity contribution < 1.29 is 28.7 Å². The summed E-state index contributed by atoms with van der Waals surface area (Å²) >= 11 is 0. The molecule has 1 aliphatic heterocycles. The minimum Gasteiger partial charge on any atom is -0.459 e. The molecule has 2 amide bonds. The van der Waals surface area contributed by atoms with Gasteiger partial charge in [-0.1, -0.05) is 42.5 Å². The van der Waals surface area contributed by atoms with Gasteiger partial charge in [-0.15, -0.1) is 0 Å². The molecule has 1 aliphatic rings. The lowest BCUT2D eigenvalue weighted by Gasteiger charge is -2.30. The largest absolute Gasteiger partial charge is 0.459 e. The molecule has 8 nitrogen and oxygen atoms in total. The van der Waals surface area contributed by atoms with Crippen molar-refractivity contribution in [2.75, 3.05) is 13.7 Å². The number of rotatable bonds is 10. The summed E-state index contributed by atoms with van der Waals surface area (Å²) in [6, 6.07) is 16.9. The van der Waals surface area contributed by atoms with E-state index in [9.17, 15) is 19.2 Å². The van der Waals surface area contributed by atoms with Crippen molar-refractivity contribution in [2.45, 2.75) is 25.2 Å². The zero-order valence-electron chi connectivity index (χ0n) is 19.0. The van der Waals surface area contributed by atoms with Gasteiger partial charge in [-0.25, -0.2) is 4.79 Å². The van der Waals surface area contributed by atoms with E-state index in [0.717, 1.165) is 11.1 Å². The smallest absolute Gasteiger partial charge is 0.338 e. The van der Waals surface area contributed by atoms with Crippen molar-refractivity contribution in [3.05, 3.63) is 84.1 Å². The molecular formula is C26H26N2O6. The van der Waals surface area contributed by atoms with Crippen molar-refractivity contribution in [3.63, 3.8) is 0 Å². The van der Waals surface area contributed by atoms with Gasteiger partial charge in [0.2, 0.25) is 6.41 Å². The highest BCUT2D eigenvalue weighted by Gasteiger charge is 2.38. The summed E-state index contributed by atoms with van der Waals surface area (Å²) in [5, 5.41) is 2.06. The lowest BCUT2D eigenvalue weighted by molar-refractivity contribution is -0.124. The van der Waals surface area contributed by atoms with Gasteiger partial charge in [0, 0.05) is 25.2 Å². The SMILES string of the molecule is C/C(=C/N(C)C1C=C[C@@](CC=O)(COC(=O)c2ccc(-c3ccccc3)cc2)O1)C(=O)NC=O. The Labute approximate surface area is 197 Å². The summed E-state index contributed by atoms with van der Waals surface area (Å²) in [5.41, 5.74) is 1.58. The maximum Gasteiger partial charge on any atom is 0.338 e. The zero-order chi connectivity index (χ0) is 24.6. The Kier molecular flexibility index (Phi) is 8.10. The molecule has 8 heteroatoms. The van der Waals surface area contributed by atoms with Gasteiger partial charge >= 0.3 is 5.97 Å². The molecule has 1 unspecified atom stereocenters. The minimum absolute atomic E-state index is 0.0115. The van der Waals surface area contributed by atoms with Crippen LogP contribution in [0, 0.1) is 0 Å². The Morgan fingerprint density at radius 3 is 2.41 bits per heavy atom. The highest BCUT2D eigenvalue weighted by atomic mass is 16.6. The van der Waals surface area contributed by atoms with Crippen LogP contribution in [0.15, 0.2) is 78.5 Å². The van der Waals surface area contributed by atoms with Crippen molar-refractivity contribution in [1.82, 2.24) is 10.2 Å². The number of amides is 2. The summed E-state index contributed by atoms with van der Waals surface area (Å²) in [4.78, 5) is 47.7. The molecule has 0 saturated carbocycles. The number of likely N-dealkylation sites (N-methyl/N-ethyl adjacent to an activating group) is 1. The van der Waals surface area contributed by atoms with Crippen molar-refractivity contribution in [2.24, 2.45) is 0 Å². The first-order chi connectivity index (χ1) is 16.4. The number of aldehydes is 1. The highest BCUT2D eigenvalue weighted by molar-refractivity contribution is 5.98. The first-order valence-electron chi connectivity index (χ1n) is 10.7. The number of ether oxygens (including phenoxy) is 2. The Morgan fingerprint density at radius 1 is 1.09 bits per heavy atom. The highest BCUT2D eigenvalue weighted by Crippen LogP contribution is 2.29. The average molecular weight is 463 g/mol. The van der Waals surface area contributed by atoms with Crippen LogP contribution >= 0.6 is 0 Å². The monoisotopic (exact) mass is 462 g/mol. The van der Waals surface area contributed by atoms with Gasteiger partial charge in [0.25, 0.3) is 5.91 Å². The molecule has 2 aromatic rings. The third kappa shape index (κ3) is 6.05. The van der Waals surface area contributed by atoms with E-state index in [-0.39, 0.29) is 13.0 Å². The number of hydrogen-bond donors (Lipinski definition) is 1. The third-order valence-corrected chi connectivity index (χ3v) is 5.37. The summed E-state index contributed by atoms with van der Waals surface area (Å²) in [5.74, 6) is -1.06. The number of hydrogen-bond acceptors (Lipinski definition) is 7. The van der Waals surface area contributed by atoms with Crippen LogP contribution in [0.4, 0.5) is 0 Å². The standard InChI is InChI=1S/C26H26N2O6/c1-19(24(31)27-18-30)16-28(2)23-12-13-26(34-23,14-15-29)17-33-25(32)22-10-8-21(9-11-22)20-6-4-3-5-7-20/h3-13,15-16,18,23H,14,17H2,1-2H3,(H,27,30,31)/b19-16-/t23?,26-/m1/s1. The number of imide groups is 1. The number of nitrogens with zero attached hydrogens (tertiary/aromatic N) is 1. The first kappa shape index (κ1) is 24.6. The second-order valence-corrected chi connectivity index (χ2v) is 7.89. The molecule has 1 heterocycles. The van der Waals surface area contributed by atoms with E-state index in [1.807, 2.05) is 42.5 Å². The van der Waals surface area contributed by atoms with Crippen molar-refractivity contribution >= 4 is 24.6 Å². The molecule has 1 N–H and O–H groups in total.